The van der Waals surface area contributed by atoms with Gasteiger partial charge in [-0.25, -0.2) is 0 Å². The minimum atomic E-state index is 0.537. The van der Waals surface area contributed by atoms with Crippen LogP contribution in [0.25, 0.3) is 17.2 Å². The number of fused-ring (bicyclic) bond motifs is 1. The lowest BCUT2D eigenvalue weighted by atomic mass is 9.83. The van der Waals surface area contributed by atoms with Crippen LogP contribution >= 0.6 is 0 Å². The Kier molecular flexibility index (Phi) is 3.95. The minimum absolute atomic E-state index is 0.537. The molecule has 0 saturated carbocycles. The molecular formula is C22H26. The molecule has 0 nitrogen and oxygen atoms in total. The van der Waals surface area contributed by atoms with Gasteiger partial charge in [0.15, 0.2) is 0 Å². The number of allylic oxidation sites excluding steroid dienone is 1. The molecule has 0 N–H and O–H groups in total. The molecule has 0 aromatic heterocycles. The molecule has 0 aliphatic heterocycles. The van der Waals surface area contributed by atoms with E-state index in [9.17, 15) is 0 Å². The summed E-state index contributed by atoms with van der Waals surface area (Å²) in [6.45, 7) is 11.4. The van der Waals surface area contributed by atoms with Crippen LogP contribution in [0.5, 0.6) is 0 Å². The molecule has 1 aliphatic carbocycles. The summed E-state index contributed by atoms with van der Waals surface area (Å²) in [6, 6.07) is 13.6. The molecule has 0 bridgehead atoms. The summed E-state index contributed by atoms with van der Waals surface area (Å²) >= 11 is 0. The molecule has 0 heteroatoms. The Morgan fingerprint density at radius 3 is 2.18 bits per heavy atom. The third-order valence-corrected chi connectivity index (χ3v) is 4.70. The van der Waals surface area contributed by atoms with Gasteiger partial charge in [-0.2, -0.15) is 0 Å². The molecule has 1 aliphatic rings. The van der Waals surface area contributed by atoms with Gasteiger partial charge >= 0.3 is 0 Å². The Hall–Kier alpha value is -1.82. The van der Waals surface area contributed by atoms with Crippen LogP contribution in [-0.4, -0.2) is 0 Å². The van der Waals surface area contributed by atoms with Gasteiger partial charge in [-0.15, -0.1) is 0 Å². The average Bonchev–Trinajstić information content (AvgIpc) is 2.86. The van der Waals surface area contributed by atoms with Crippen LogP contribution in [0.2, 0.25) is 0 Å². The molecule has 0 heterocycles. The van der Waals surface area contributed by atoms with Crippen LogP contribution in [0.3, 0.4) is 0 Å². The maximum atomic E-state index is 2.40. The van der Waals surface area contributed by atoms with Crippen LogP contribution in [-0.2, 0) is 6.42 Å². The van der Waals surface area contributed by atoms with Gasteiger partial charge in [0.2, 0.25) is 0 Å². The number of rotatable bonds is 3. The Bertz CT molecular complexity index is 730. The maximum Gasteiger partial charge on any atom is -0.00604 e. The third-order valence-electron chi connectivity index (χ3n) is 4.70. The molecule has 2 aromatic rings. The number of hydrogen-bond acceptors (Lipinski definition) is 0. The lowest BCUT2D eigenvalue weighted by Gasteiger charge is -2.21. The SMILES string of the molecule is CC1=Cc2c(ccc(C(C)C)c2-c2ccccc2C(C)C)C1. The molecule has 0 atom stereocenters. The van der Waals surface area contributed by atoms with Crippen molar-refractivity contribution >= 4 is 6.08 Å². The molecule has 0 unspecified atom stereocenters. The molecule has 0 fully saturated rings. The van der Waals surface area contributed by atoms with Crippen LogP contribution < -0.4 is 0 Å². The highest BCUT2D eigenvalue weighted by molar-refractivity contribution is 5.85. The highest BCUT2D eigenvalue weighted by atomic mass is 14.3. The summed E-state index contributed by atoms with van der Waals surface area (Å²) in [5.74, 6) is 1.08. The van der Waals surface area contributed by atoms with Gasteiger partial charge in [-0.3, -0.25) is 0 Å². The first-order valence-corrected chi connectivity index (χ1v) is 8.41. The first kappa shape index (κ1) is 15.1. The predicted molar refractivity (Wildman–Crippen MR) is 97.4 cm³/mol. The molecular weight excluding hydrogens is 264 g/mol. The van der Waals surface area contributed by atoms with E-state index in [4.69, 9.17) is 0 Å². The van der Waals surface area contributed by atoms with E-state index in [0.29, 0.717) is 11.8 Å². The van der Waals surface area contributed by atoms with E-state index in [1.807, 2.05) is 0 Å². The van der Waals surface area contributed by atoms with Crippen molar-refractivity contribution in [3.8, 4) is 11.1 Å². The first-order chi connectivity index (χ1) is 10.5. The van der Waals surface area contributed by atoms with Gasteiger partial charge in [-0.1, -0.05) is 75.7 Å². The summed E-state index contributed by atoms with van der Waals surface area (Å²) in [5.41, 5.74) is 10.2. The fourth-order valence-corrected chi connectivity index (χ4v) is 3.61. The van der Waals surface area contributed by atoms with Crippen LogP contribution in [0.1, 0.15) is 68.7 Å². The molecule has 0 spiro atoms. The van der Waals surface area contributed by atoms with Crippen molar-refractivity contribution in [2.75, 3.05) is 0 Å². The molecule has 0 amide bonds. The van der Waals surface area contributed by atoms with Gasteiger partial charge in [0.25, 0.3) is 0 Å². The summed E-state index contributed by atoms with van der Waals surface area (Å²) in [6.07, 6.45) is 3.50. The molecule has 22 heavy (non-hydrogen) atoms. The summed E-state index contributed by atoms with van der Waals surface area (Å²) in [4.78, 5) is 0. The van der Waals surface area contributed by atoms with E-state index in [0.717, 1.165) is 6.42 Å². The quantitative estimate of drug-likeness (QED) is 0.600. The van der Waals surface area contributed by atoms with Crippen molar-refractivity contribution in [3.05, 3.63) is 64.2 Å². The summed E-state index contributed by atoms with van der Waals surface area (Å²) < 4.78 is 0. The molecule has 0 radical (unpaired) electrons. The van der Waals surface area contributed by atoms with Crippen molar-refractivity contribution in [3.63, 3.8) is 0 Å². The second kappa shape index (κ2) is 5.76. The normalized spacial score (nSPS) is 13.7. The van der Waals surface area contributed by atoms with E-state index in [1.165, 1.54) is 39.0 Å². The topological polar surface area (TPSA) is 0 Å². The van der Waals surface area contributed by atoms with Crippen molar-refractivity contribution in [1.82, 2.24) is 0 Å². The van der Waals surface area contributed by atoms with Gasteiger partial charge in [0.05, 0.1) is 0 Å². The largest absolute Gasteiger partial charge is 0.0683 e. The average molecular weight is 290 g/mol. The van der Waals surface area contributed by atoms with Crippen LogP contribution in [0.4, 0.5) is 0 Å². The Balaban J connectivity index is 2.33. The van der Waals surface area contributed by atoms with Crippen molar-refractivity contribution in [2.45, 2.75) is 52.9 Å². The van der Waals surface area contributed by atoms with Gasteiger partial charge < -0.3 is 0 Å². The molecule has 0 saturated heterocycles. The Morgan fingerprint density at radius 1 is 0.818 bits per heavy atom. The Labute approximate surface area is 134 Å². The second-order valence-corrected chi connectivity index (χ2v) is 7.17. The third kappa shape index (κ3) is 2.52. The van der Waals surface area contributed by atoms with Gasteiger partial charge in [-0.05, 0) is 58.6 Å². The van der Waals surface area contributed by atoms with Crippen LogP contribution in [0, 0.1) is 0 Å². The fraction of sp³-hybridized carbons (Fsp3) is 0.364. The maximum absolute atomic E-state index is 2.40. The van der Waals surface area contributed by atoms with E-state index >= 15 is 0 Å². The fourth-order valence-electron chi connectivity index (χ4n) is 3.61. The number of benzene rings is 2. The zero-order valence-corrected chi connectivity index (χ0v) is 14.4. The zero-order chi connectivity index (χ0) is 15.9. The van der Waals surface area contributed by atoms with E-state index < -0.39 is 0 Å². The molecule has 114 valence electrons. The predicted octanol–water partition coefficient (Wildman–Crippen LogP) is 6.56. The lowest BCUT2D eigenvalue weighted by Crippen LogP contribution is -2.00. The molecule has 3 rings (SSSR count). The monoisotopic (exact) mass is 290 g/mol. The summed E-state index contributed by atoms with van der Waals surface area (Å²) in [7, 11) is 0. The lowest BCUT2D eigenvalue weighted by molar-refractivity contribution is 0.856. The van der Waals surface area contributed by atoms with E-state index in [2.05, 4.69) is 77.1 Å². The van der Waals surface area contributed by atoms with E-state index in [1.54, 1.807) is 0 Å². The summed E-state index contributed by atoms with van der Waals surface area (Å²) in [5, 5.41) is 0. The van der Waals surface area contributed by atoms with Crippen LogP contribution in [0.15, 0.2) is 42.0 Å². The highest BCUT2D eigenvalue weighted by Gasteiger charge is 2.21. The van der Waals surface area contributed by atoms with Gasteiger partial charge in [0, 0.05) is 0 Å². The molecule has 2 aromatic carbocycles. The first-order valence-electron chi connectivity index (χ1n) is 8.41. The highest BCUT2D eigenvalue weighted by Crippen LogP contribution is 2.41. The van der Waals surface area contributed by atoms with Crippen molar-refractivity contribution < 1.29 is 0 Å². The number of hydrogen-bond donors (Lipinski definition) is 0. The zero-order valence-electron chi connectivity index (χ0n) is 14.4. The minimum Gasteiger partial charge on any atom is -0.0683 e. The van der Waals surface area contributed by atoms with Crippen molar-refractivity contribution in [1.29, 1.82) is 0 Å². The van der Waals surface area contributed by atoms with Crippen molar-refractivity contribution in [2.24, 2.45) is 0 Å². The smallest absolute Gasteiger partial charge is 0.00604 e. The Morgan fingerprint density at radius 2 is 1.50 bits per heavy atom. The van der Waals surface area contributed by atoms with Gasteiger partial charge in [0.1, 0.15) is 0 Å². The standard InChI is InChI=1S/C22H26/c1-14(2)18-8-6-7-9-20(18)22-19(15(3)4)11-10-17-12-16(5)13-21(17)22/h6-11,13-15H,12H2,1-5H3. The second-order valence-electron chi connectivity index (χ2n) is 7.17. The van der Waals surface area contributed by atoms with E-state index in [-0.39, 0.29) is 0 Å².